The summed E-state index contributed by atoms with van der Waals surface area (Å²) in [6.45, 7) is 6.14. The van der Waals surface area contributed by atoms with Crippen molar-refractivity contribution in [2.75, 3.05) is 18.0 Å². The molecule has 0 aromatic carbocycles. The molecule has 1 aliphatic rings. The van der Waals surface area contributed by atoms with Crippen LogP contribution < -0.4 is 4.90 Å². The first-order valence-electron chi connectivity index (χ1n) is 6.65. The minimum atomic E-state index is 0.401. The Balaban J connectivity index is 1.84. The maximum atomic E-state index is 4.31. The third kappa shape index (κ3) is 2.30. The lowest BCUT2D eigenvalue weighted by molar-refractivity contribution is 0.488. The Hall–Kier alpha value is -1.98. The highest BCUT2D eigenvalue weighted by atomic mass is 15.3. The number of piperidine rings is 1. The zero-order valence-corrected chi connectivity index (χ0v) is 11.3. The fraction of sp³-hybridized carbons (Fsp3) is 0.538. The Kier molecular flexibility index (Phi) is 3.15. The number of H-pyrrole nitrogens is 1. The van der Waals surface area contributed by atoms with Gasteiger partial charge in [-0.25, -0.2) is 4.98 Å². The Bertz CT molecular complexity index is 550. The molecule has 6 nitrogen and oxygen atoms in total. The highest BCUT2D eigenvalue weighted by molar-refractivity contribution is 5.48. The van der Waals surface area contributed by atoms with Crippen LogP contribution in [0.3, 0.4) is 0 Å². The average Bonchev–Trinajstić information content (AvgIpc) is 2.96. The topological polar surface area (TPSA) is 70.6 Å². The van der Waals surface area contributed by atoms with E-state index in [1.54, 1.807) is 6.33 Å². The monoisotopic (exact) mass is 258 g/mol. The molecule has 19 heavy (non-hydrogen) atoms. The molecule has 3 heterocycles. The lowest BCUT2D eigenvalue weighted by Gasteiger charge is -2.33. The zero-order valence-electron chi connectivity index (χ0n) is 11.3. The molecule has 0 bridgehead atoms. The molecule has 0 amide bonds. The zero-order chi connectivity index (χ0) is 13.2. The summed E-state index contributed by atoms with van der Waals surface area (Å²) in [5.41, 5.74) is 2.40. The number of anilines is 1. The van der Waals surface area contributed by atoms with Crippen molar-refractivity contribution in [1.82, 2.24) is 25.4 Å². The van der Waals surface area contributed by atoms with E-state index in [-0.39, 0.29) is 0 Å². The molecule has 0 saturated carbocycles. The molecule has 3 rings (SSSR count). The van der Waals surface area contributed by atoms with Gasteiger partial charge in [-0.2, -0.15) is 10.2 Å². The van der Waals surface area contributed by atoms with Crippen molar-refractivity contribution >= 4 is 5.82 Å². The molecule has 1 atom stereocenters. The number of hydrogen-bond acceptors (Lipinski definition) is 5. The molecule has 0 aliphatic carbocycles. The quantitative estimate of drug-likeness (QED) is 0.885. The Morgan fingerprint density at radius 2 is 2.26 bits per heavy atom. The van der Waals surface area contributed by atoms with Gasteiger partial charge in [0, 0.05) is 19.0 Å². The summed E-state index contributed by atoms with van der Waals surface area (Å²) in [5.74, 6) is 2.38. The van der Waals surface area contributed by atoms with E-state index < -0.39 is 0 Å². The smallest absolute Gasteiger partial charge is 0.154 e. The fourth-order valence-electron chi connectivity index (χ4n) is 2.62. The van der Waals surface area contributed by atoms with Crippen molar-refractivity contribution in [1.29, 1.82) is 0 Å². The van der Waals surface area contributed by atoms with E-state index >= 15 is 0 Å². The molecule has 100 valence electrons. The summed E-state index contributed by atoms with van der Waals surface area (Å²) in [6.07, 6.45) is 5.67. The van der Waals surface area contributed by atoms with Gasteiger partial charge in [0.25, 0.3) is 0 Å². The molecule has 2 aromatic heterocycles. The first-order valence-corrected chi connectivity index (χ1v) is 6.65. The van der Waals surface area contributed by atoms with Gasteiger partial charge >= 0.3 is 0 Å². The molecule has 1 unspecified atom stereocenters. The van der Waals surface area contributed by atoms with Gasteiger partial charge in [-0.1, -0.05) is 0 Å². The van der Waals surface area contributed by atoms with Gasteiger partial charge in [-0.15, -0.1) is 5.10 Å². The van der Waals surface area contributed by atoms with Gasteiger partial charge in [0.15, 0.2) is 5.82 Å². The number of hydrogen-bond donors (Lipinski definition) is 1. The molecule has 1 aliphatic heterocycles. The van der Waals surface area contributed by atoms with Crippen LogP contribution in [0.25, 0.3) is 0 Å². The van der Waals surface area contributed by atoms with Gasteiger partial charge in [0.2, 0.25) is 0 Å². The first kappa shape index (κ1) is 12.1. The van der Waals surface area contributed by atoms with E-state index in [0.29, 0.717) is 5.92 Å². The predicted molar refractivity (Wildman–Crippen MR) is 72.1 cm³/mol. The van der Waals surface area contributed by atoms with E-state index in [1.165, 1.54) is 11.1 Å². The molecule has 1 saturated heterocycles. The Morgan fingerprint density at radius 1 is 1.37 bits per heavy atom. The summed E-state index contributed by atoms with van der Waals surface area (Å²) in [7, 11) is 0. The van der Waals surface area contributed by atoms with Crippen LogP contribution in [0.4, 0.5) is 5.82 Å². The van der Waals surface area contributed by atoms with E-state index in [9.17, 15) is 0 Å². The second-order valence-corrected chi connectivity index (χ2v) is 5.13. The number of aromatic amines is 1. The Labute approximate surface area is 112 Å². The maximum Gasteiger partial charge on any atom is 0.154 e. The van der Waals surface area contributed by atoms with Gasteiger partial charge in [-0.05, 0) is 37.8 Å². The van der Waals surface area contributed by atoms with Gasteiger partial charge in [0.1, 0.15) is 12.2 Å². The van der Waals surface area contributed by atoms with E-state index in [1.807, 2.05) is 6.20 Å². The summed E-state index contributed by atoms with van der Waals surface area (Å²) in [6, 6.07) is 0. The van der Waals surface area contributed by atoms with Gasteiger partial charge in [-0.3, -0.25) is 5.10 Å². The third-order valence-corrected chi connectivity index (χ3v) is 3.87. The van der Waals surface area contributed by atoms with Gasteiger partial charge < -0.3 is 4.90 Å². The molecule has 2 aromatic rings. The van der Waals surface area contributed by atoms with Crippen LogP contribution in [0.1, 0.15) is 35.7 Å². The largest absolute Gasteiger partial charge is 0.354 e. The molecular formula is C13H18N6. The maximum absolute atomic E-state index is 4.31. The van der Waals surface area contributed by atoms with Crippen LogP contribution in [0, 0.1) is 13.8 Å². The standard InChI is InChI=1S/C13H18N6/c1-9-6-15-18-13(10(9)2)19-5-3-4-11(7-19)12-14-8-16-17-12/h6,8,11H,3-5,7H2,1-2H3,(H,14,16,17). The number of aromatic nitrogens is 5. The van der Waals surface area contributed by atoms with E-state index in [0.717, 1.165) is 37.6 Å². The summed E-state index contributed by atoms with van der Waals surface area (Å²) >= 11 is 0. The minimum absolute atomic E-state index is 0.401. The van der Waals surface area contributed by atoms with Crippen molar-refractivity contribution in [3.8, 4) is 0 Å². The van der Waals surface area contributed by atoms with Crippen molar-refractivity contribution < 1.29 is 0 Å². The van der Waals surface area contributed by atoms with Crippen LogP contribution in [0.2, 0.25) is 0 Å². The van der Waals surface area contributed by atoms with Crippen molar-refractivity contribution in [3.05, 3.63) is 29.5 Å². The molecule has 0 spiro atoms. The summed E-state index contributed by atoms with van der Waals surface area (Å²) < 4.78 is 0. The molecule has 6 heteroatoms. The normalized spacial score (nSPS) is 19.7. The lowest BCUT2D eigenvalue weighted by Crippen LogP contribution is -2.36. The van der Waals surface area contributed by atoms with Crippen LogP contribution in [0.5, 0.6) is 0 Å². The first-order chi connectivity index (χ1) is 9.25. The van der Waals surface area contributed by atoms with Crippen molar-refractivity contribution in [2.24, 2.45) is 0 Å². The number of nitrogens with one attached hydrogen (secondary N) is 1. The second kappa shape index (κ2) is 4.95. The van der Waals surface area contributed by atoms with Crippen LogP contribution in [0.15, 0.2) is 12.5 Å². The molecule has 0 radical (unpaired) electrons. The summed E-state index contributed by atoms with van der Waals surface area (Å²) in [4.78, 5) is 6.59. The Morgan fingerprint density at radius 3 is 3.05 bits per heavy atom. The average molecular weight is 258 g/mol. The third-order valence-electron chi connectivity index (χ3n) is 3.87. The number of rotatable bonds is 2. The van der Waals surface area contributed by atoms with E-state index in [2.05, 4.69) is 44.1 Å². The molecule has 1 N–H and O–H groups in total. The van der Waals surface area contributed by atoms with Gasteiger partial charge in [0.05, 0.1) is 6.20 Å². The predicted octanol–water partition coefficient (Wildman–Crippen LogP) is 1.60. The minimum Gasteiger partial charge on any atom is -0.354 e. The SMILES string of the molecule is Cc1cnnc(N2CCCC(c3ncn[nH]3)C2)c1C. The van der Waals surface area contributed by atoms with E-state index in [4.69, 9.17) is 0 Å². The highest BCUT2D eigenvalue weighted by Crippen LogP contribution is 2.28. The van der Waals surface area contributed by atoms with Crippen LogP contribution in [-0.2, 0) is 0 Å². The molecular weight excluding hydrogens is 240 g/mol. The number of nitrogens with zero attached hydrogens (tertiary/aromatic N) is 5. The number of aryl methyl sites for hydroxylation is 1. The molecule has 1 fully saturated rings. The summed E-state index contributed by atoms with van der Waals surface area (Å²) in [5, 5.41) is 15.3. The van der Waals surface area contributed by atoms with Crippen LogP contribution >= 0.6 is 0 Å². The fourth-order valence-corrected chi connectivity index (χ4v) is 2.62. The van der Waals surface area contributed by atoms with Crippen LogP contribution in [-0.4, -0.2) is 38.5 Å². The van der Waals surface area contributed by atoms with Crippen molar-refractivity contribution in [2.45, 2.75) is 32.6 Å². The second-order valence-electron chi connectivity index (χ2n) is 5.13. The van der Waals surface area contributed by atoms with Crippen molar-refractivity contribution in [3.63, 3.8) is 0 Å². The lowest BCUT2D eigenvalue weighted by atomic mass is 9.97. The highest BCUT2D eigenvalue weighted by Gasteiger charge is 2.25.